The zero-order valence-corrected chi connectivity index (χ0v) is 14.8. The van der Waals surface area contributed by atoms with Crippen LogP contribution in [0.5, 0.6) is 0 Å². The van der Waals surface area contributed by atoms with E-state index in [0.29, 0.717) is 19.6 Å². The molecule has 1 saturated heterocycles. The van der Waals surface area contributed by atoms with Gasteiger partial charge in [0.25, 0.3) is 0 Å². The molecule has 2 unspecified atom stereocenters. The summed E-state index contributed by atoms with van der Waals surface area (Å²) in [6.45, 7) is 9.25. The van der Waals surface area contributed by atoms with Gasteiger partial charge in [-0.05, 0) is 33.6 Å². The highest BCUT2D eigenvalue weighted by Gasteiger charge is 2.40. The Bertz CT molecular complexity index is 428. The molecule has 1 aliphatic carbocycles. The van der Waals surface area contributed by atoms with Crippen molar-refractivity contribution in [3.63, 3.8) is 0 Å². The fraction of sp³-hybridized carbons (Fsp3) is 0.882. The molecule has 2 aliphatic rings. The molecule has 0 bridgehead atoms. The fourth-order valence-electron chi connectivity index (χ4n) is 3.68. The van der Waals surface area contributed by atoms with E-state index in [2.05, 4.69) is 10.2 Å². The number of carbonyl (C=O) groups excluding carboxylic acids is 2. The summed E-state index contributed by atoms with van der Waals surface area (Å²) in [6.07, 6.45) is 4.05. The number of hydrogen-bond donors (Lipinski definition) is 2. The third kappa shape index (κ3) is 4.91. The van der Waals surface area contributed by atoms with Crippen molar-refractivity contribution in [3.05, 3.63) is 0 Å². The van der Waals surface area contributed by atoms with E-state index in [0.717, 1.165) is 38.8 Å². The van der Waals surface area contributed by atoms with E-state index >= 15 is 0 Å². The molecule has 3 N–H and O–H groups in total. The van der Waals surface area contributed by atoms with E-state index in [1.165, 1.54) is 0 Å². The van der Waals surface area contributed by atoms with Crippen molar-refractivity contribution < 1.29 is 9.59 Å². The molecule has 0 spiro atoms. The van der Waals surface area contributed by atoms with Crippen LogP contribution in [0.15, 0.2) is 0 Å². The fourth-order valence-corrected chi connectivity index (χ4v) is 3.68. The Balaban J connectivity index is 1.82. The van der Waals surface area contributed by atoms with Gasteiger partial charge in [-0.1, -0.05) is 12.8 Å². The average Bonchev–Trinajstić information content (AvgIpc) is 2.46. The van der Waals surface area contributed by atoms with Crippen molar-refractivity contribution >= 4 is 11.8 Å². The molecule has 1 aliphatic heterocycles. The molecule has 1 saturated carbocycles. The topological polar surface area (TPSA) is 78.7 Å². The molecule has 132 valence electrons. The van der Waals surface area contributed by atoms with Crippen LogP contribution < -0.4 is 11.1 Å². The van der Waals surface area contributed by atoms with Crippen LogP contribution in [-0.2, 0) is 9.59 Å². The second kappa shape index (κ2) is 7.62. The van der Waals surface area contributed by atoms with Gasteiger partial charge in [-0.25, -0.2) is 0 Å². The van der Waals surface area contributed by atoms with Gasteiger partial charge in [0.15, 0.2) is 0 Å². The van der Waals surface area contributed by atoms with E-state index in [9.17, 15) is 9.59 Å². The highest BCUT2D eigenvalue weighted by atomic mass is 16.2. The van der Waals surface area contributed by atoms with Crippen molar-refractivity contribution in [3.8, 4) is 0 Å². The lowest BCUT2D eigenvalue weighted by atomic mass is 9.74. The first kappa shape index (κ1) is 18.2. The Morgan fingerprint density at radius 2 is 1.87 bits per heavy atom. The maximum absolute atomic E-state index is 12.8. The first-order chi connectivity index (χ1) is 10.8. The van der Waals surface area contributed by atoms with E-state index in [-0.39, 0.29) is 29.3 Å². The minimum Gasteiger partial charge on any atom is -0.353 e. The summed E-state index contributed by atoms with van der Waals surface area (Å²) >= 11 is 0. The van der Waals surface area contributed by atoms with Crippen LogP contribution in [-0.4, -0.2) is 65.9 Å². The van der Waals surface area contributed by atoms with Gasteiger partial charge in [-0.15, -0.1) is 0 Å². The van der Waals surface area contributed by atoms with Crippen molar-refractivity contribution in [1.29, 1.82) is 0 Å². The molecule has 2 rings (SSSR count). The molecular formula is C17H32N4O2. The molecule has 2 atom stereocenters. The van der Waals surface area contributed by atoms with Crippen LogP contribution in [0.2, 0.25) is 0 Å². The molecule has 0 aromatic heterocycles. The molecule has 0 aromatic rings. The summed E-state index contributed by atoms with van der Waals surface area (Å²) in [6, 6.07) is 0.166. The molecule has 0 aromatic carbocycles. The molecule has 1 heterocycles. The van der Waals surface area contributed by atoms with Gasteiger partial charge in [-0.3, -0.25) is 14.5 Å². The predicted molar refractivity (Wildman–Crippen MR) is 90.8 cm³/mol. The Kier molecular flexibility index (Phi) is 6.03. The molecule has 6 heteroatoms. The third-order valence-electron chi connectivity index (χ3n) is 5.05. The van der Waals surface area contributed by atoms with Gasteiger partial charge in [0.05, 0.1) is 12.5 Å². The van der Waals surface area contributed by atoms with Gasteiger partial charge >= 0.3 is 0 Å². The van der Waals surface area contributed by atoms with Gasteiger partial charge in [0.2, 0.25) is 11.8 Å². The van der Waals surface area contributed by atoms with Crippen molar-refractivity contribution in [2.24, 2.45) is 11.7 Å². The number of rotatable bonds is 4. The summed E-state index contributed by atoms with van der Waals surface area (Å²) in [7, 11) is 0. The van der Waals surface area contributed by atoms with Crippen molar-refractivity contribution in [1.82, 2.24) is 15.1 Å². The van der Waals surface area contributed by atoms with Crippen molar-refractivity contribution in [2.75, 3.05) is 32.7 Å². The zero-order chi connectivity index (χ0) is 17.0. The quantitative estimate of drug-likeness (QED) is 0.792. The number of amides is 2. The van der Waals surface area contributed by atoms with Gasteiger partial charge in [0.1, 0.15) is 0 Å². The van der Waals surface area contributed by atoms with Crippen LogP contribution >= 0.6 is 0 Å². The molecule has 0 radical (unpaired) electrons. The summed E-state index contributed by atoms with van der Waals surface area (Å²) in [5, 5.41) is 2.91. The van der Waals surface area contributed by atoms with Gasteiger partial charge in [-0.2, -0.15) is 0 Å². The standard InChI is InChI=1S/C17H32N4O2/c1-13(2)19-15(22)12-20-8-10-21(11-9-20)16(23)14-6-4-5-7-17(14,3)18/h13-14H,4-12,18H2,1-3H3,(H,19,22). The van der Waals surface area contributed by atoms with E-state index in [1.807, 2.05) is 25.7 Å². The summed E-state index contributed by atoms with van der Waals surface area (Å²) < 4.78 is 0. The smallest absolute Gasteiger partial charge is 0.234 e. The Morgan fingerprint density at radius 1 is 1.22 bits per heavy atom. The van der Waals surface area contributed by atoms with Crippen molar-refractivity contribution in [2.45, 2.75) is 58.0 Å². The average molecular weight is 324 g/mol. The highest BCUT2D eigenvalue weighted by Crippen LogP contribution is 2.33. The number of carbonyl (C=O) groups is 2. The Labute approximate surface area is 139 Å². The largest absolute Gasteiger partial charge is 0.353 e. The van der Waals surface area contributed by atoms with E-state index < -0.39 is 0 Å². The minimum atomic E-state index is -0.371. The van der Waals surface area contributed by atoms with Crippen LogP contribution in [0.4, 0.5) is 0 Å². The molecule has 2 fully saturated rings. The van der Waals surface area contributed by atoms with Gasteiger partial charge < -0.3 is 16.0 Å². The Morgan fingerprint density at radius 3 is 2.43 bits per heavy atom. The second-order valence-corrected chi connectivity index (χ2v) is 7.63. The first-order valence-corrected chi connectivity index (χ1v) is 8.89. The molecular weight excluding hydrogens is 292 g/mol. The summed E-state index contributed by atoms with van der Waals surface area (Å²) in [5.41, 5.74) is 5.99. The number of nitrogens with zero attached hydrogens (tertiary/aromatic N) is 2. The maximum atomic E-state index is 12.8. The van der Waals surface area contributed by atoms with E-state index in [4.69, 9.17) is 5.73 Å². The zero-order valence-electron chi connectivity index (χ0n) is 14.8. The normalized spacial score (nSPS) is 29.6. The highest BCUT2D eigenvalue weighted by molar-refractivity contribution is 5.81. The van der Waals surface area contributed by atoms with E-state index in [1.54, 1.807) is 0 Å². The number of hydrogen-bond acceptors (Lipinski definition) is 4. The molecule has 23 heavy (non-hydrogen) atoms. The summed E-state index contributed by atoms with van der Waals surface area (Å²) in [5.74, 6) is 0.217. The lowest BCUT2D eigenvalue weighted by Crippen LogP contribution is -2.57. The first-order valence-electron chi connectivity index (χ1n) is 8.89. The maximum Gasteiger partial charge on any atom is 0.234 e. The number of nitrogens with two attached hydrogens (primary N) is 1. The molecule has 6 nitrogen and oxygen atoms in total. The lowest BCUT2D eigenvalue weighted by molar-refractivity contribution is -0.140. The minimum absolute atomic E-state index is 0.0490. The predicted octanol–water partition coefficient (Wildman–Crippen LogP) is 0.563. The lowest BCUT2D eigenvalue weighted by Gasteiger charge is -2.42. The third-order valence-corrected chi connectivity index (χ3v) is 5.05. The second-order valence-electron chi connectivity index (χ2n) is 7.63. The SMILES string of the molecule is CC(C)NC(=O)CN1CCN(C(=O)C2CCCCC2(C)N)CC1. The van der Waals surface area contributed by atoms with Gasteiger partial charge in [0, 0.05) is 37.8 Å². The number of piperazine rings is 1. The Hall–Kier alpha value is -1.14. The monoisotopic (exact) mass is 324 g/mol. The van der Waals surface area contributed by atoms with Crippen LogP contribution in [0.1, 0.15) is 46.5 Å². The van der Waals surface area contributed by atoms with Crippen LogP contribution in [0.3, 0.4) is 0 Å². The van der Waals surface area contributed by atoms with Crippen LogP contribution in [0.25, 0.3) is 0 Å². The number of nitrogens with one attached hydrogen (secondary N) is 1. The molecule has 2 amide bonds. The summed E-state index contributed by atoms with van der Waals surface area (Å²) in [4.78, 5) is 28.7. The van der Waals surface area contributed by atoms with Crippen LogP contribution in [0, 0.1) is 5.92 Å².